The number of benzene rings is 1. The van der Waals surface area contributed by atoms with Crippen molar-refractivity contribution in [2.45, 2.75) is 19.4 Å². The van der Waals surface area contributed by atoms with Crippen LogP contribution < -0.4 is 4.90 Å². The van der Waals surface area contributed by atoms with E-state index in [1.807, 2.05) is 6.07 Å². The molecule has 0 aliphatic carbocycles. The second kappa shape index (κ2) is 5.60. The smallest absolute Gasteiger partial charge is 0.307 e. The van der Waals surface area contributed by atoms with Crippen LogP contribution in [-0.4, -0.2) is 27.2 Å². The van der Waals surface area contributed by atoms with Gasteiger partial charge in [-0.25, -0.2) is 0 Å². The lowest BCUT2D eigenvalue weighted by atomic mass is 9.97. The zero-order valence-electron chi connectivity index (χ0n) is 12.3. The van der Waals surface area contributed by atoms with E-state index >= 15 is 0 Å². The van der Waals surface area contributed by atoms with Crippen molar-refractivity contribution in [1.82, 2.24) is 5.16 Å². The predicted octanol–water partition coefficient (Wildman–Crippen LogP) is 2.36. The molecule has 1 aromatic carbocycles. The fraction of sp³-hybridized carbons (Fsp3) is 0.188. The number of aryl methyl sites for hydroxylation is 1. The average molecular weight is 314 g/mol. The van der Waals surface area contributed by atoms with Crippen molar-refractivity contribution in [1.29, 1.82) is 0 Å². The number of aromatic nitrogens is 1. The Kier molecular flexibility index (Phi) is 3.61. The van der Waals surface area contributed by atoms with Gasteiger partial charge in [-0.05, 0) is 12.5 Å². The van der Waals surface area contributed by atoms with Gasteiger partial charge in [0.1, 0.15) is 5.76 Å². The van der Waals surface area contributed by atoms with Crippen LogP contribution >= 0.6 is 0 Å². The molecule has 1 atom stereocenters. The van der Waals surface area contributed by atoms with Crippen LogP contribution in [0.3, 0.4) is 0 Å². The summed E-state index contributed by atoms with van der Waals surface area (Å²) in [5.41, 5.74) is 0.816. The van der Waals surface area contributed by atoms with Gasteiger partial charge in [0.15, 0.2) is 11.6 Å². The van der Waals surface area contributed by atoms with Crippen molar-refractivity contribution < 1.29 is 24.3 Å². The molecule has 0 radical (unpaired) electrons. The van der Waals surface area contributed by atoms with Crippen molar-refractivity contribution >= 4 is 17.7 Å². The maximum Gasteiger partial charge on any atom is 0.307 e. The zero-order valence-corrected chi connectivity index (χ0v) is 12.3. The van der Waals surface area contributed by atoms with Crippen molar-refractivity contribution in [2.24, 2.45) is 0 Å². The van der Waals surface area contributed by atoms with Crippen molar-refractivity contribution in [3.05, 3.63) is 59.1 Å². The normalized spacial score (nSPS) is 17.9. The molecule has 1 amide bonds. The molecule has 0 fully saturated rings. The van der Waals surface area contributed by atoms with Gasteiger partial charge < -0.3 is 14.7 Å². The third kappa shape index (κ3) is 2.57. The summed E-state index contributed by atoms with van der Waals surface area (Å²) in [5.74, 6) is -1.64. The zero-order chi connectivity index (χ0) is 16.6. The Balaban J connectivity index is 2.12. The van der Waals surface area contributed by atoms with E-state index in [-0.39, 0.29) is 11.4 Å². The molecule has 118 valence electrons. The van der Waals surface area contributed by atoms with Gasteiger partial charge in [-0.1, -0.05) is 35.5 Å². The number of aliphatic carboxylic acids is 1. The first-order valence-corrected chi connectivity index (χ1v) is 6.94. The van der Waals surface area contributed by atoms with Crippen LogP contribution in [0.15, 0.2) is 52.3 Å². The molecule has 1 aromatic heterocycles. The lowest BCUT2D eigenvalue weighted by Crippen LogP contribution is -2.30. The predicted molar refractivity (Wildman–Crippen MR) is 79.8 cm³/mol. The topological polar surface area (TPSA) is 104 Å². The number of aliphatic hydroxyl groups is 1. The largest absolute Gasteiger partial charge is 0.503 e. The molecule has 0 spiro atoms. The maximum atomic E-state index is 12.4. The third-order valence-corrected chi connectivity index (χ3v) is 3.63. The molecule has 23 heavy (non-hydrogen) atoms. The fourth-order valence-electron chi connectivity index (χ4n) is 2.69. The van der Waals surface area contributed by atoms with Gasteiger partial charge in [-0.3, -0.25) is 14.5 Å². The molecule has 2 heterocycles. The number of anilines is 1. The molecule has 7 heteroatoms. The molecule has 2 N–H and O–H groups in total. The number of carbonyl (C=O) groups is 2. The summed E-state index contributed by atoms with van der Waals surface area (Å²) in [6.45, 7) is 1.68. The van der Waals surface area contributed by atoms with Gasteiger partial charge in [0, 0.05) is 11.6 Å². The van der Waals surface area contributed by atoms with Crippen LogP contribution in [0, 0.1) is 6.92 Å². The van der Waals surface area contributed by atoms with E-state index in [1.165, 1.54) is 4.90 Å². The first kappa shape index (κ1) is 14.8. The van der Waals surface area contributed by atoms with Crippen molar-refractivity contribution in [2.75, 3.05) is 4.90 Å². The SMILES string of the molecule is Cc1cc(N2C(=O)C(O)=C(CC(=O)O)C2c2ccccc2)no1. The highest BCUT2D eigenvalue weighted by Gasteiger charge is 2.43. The van der Waals surface area contributed by atoms with E-state index in [0.717, 1.165) is 0 Å². The van der Waals surface area contributed by atoms with Crippen LogP contribution in [0.5, 0.6) is 0 Å². The van der Waals surface area contributed by atoms with Gasteiger partial charge in [0.05, 0.1) is 12.5 Å². The Morgan fingerprint density at radius 1 is 1.35 bits per heavy atom. The van der Waals surface area contributed by atoms with E-state index in [9.17, 15) is 14.7 Å². The third-order valence-electron chi connectivity index (χ3n) is 3.63. The minimum absolute atomic E-state index is 0.134. The molecule has 3 rings (SSSR count). The number of aliphatic hydroxyl groups excluding tert-OH is 1. The first-order chi connectivity index (χ1) is 11.0. The van der Waals surface area contributed by atoms with Crippen LogP contribution in [-0.2, 0) is 9.59 Å². The van der Waals surface area contributed by atoms with Crippen LogP contribution in [0.25, 0.3) is 0 Å². The minimum Gasteiger partial charge on any atom is -0.503 e. The van der Waals surface area contributed by atoms with Gasteiger partial charge >= 0.3 is 5.97 Å². The summed E-state index contributed by atoms with van der Waals surface area (Å²) < 4.78 is 5.00. The molecule has 0 bridgehead atoms. The van der Waals surface area contributed by atoms with E-state index in [1.54, 1.807) is 37.3 Å². The van der Waals surface area contributed by atoms with Gasteiger partial charge in [-0.15, -0.1) is 0 Å². The van der Waals surface area contributed by atoms with Crippen molar-refractivity contribution in [3.63, 3.8) is 0 Å². The highest BCUT2D eigenvalue weighted by Crippen LogP contribution is 2.41. The summed E-state index contributed by atoms with van der Waals surface area (Å²) >= 11 is 0. The molecule has 1 aliphatic rings. The Hall–Kier alpha value is -3.09. The Bertz CT molecular complexity index is 794. The minimum atomic E-state index is -1.13. The first-order valence-electron chi connectivity index (χ1n) is 6.94. The lowest BCUT2D eigenvalue weighted by molar-refractivity contribution is -0.136. The summed E-state index contributed by atoms with van der Waals surface area (Å²) in [7, 11) is 0. The van der Waals surface area contributed by atoms with Crippen LogP contribution in [0.2, 0.25) is 0 Å². The fourth-order valence-corrected chi connectivity index (χ4v) is 2.69. The molecule has 2 aromatic rings. The molecule has 1 unspecified atom stereocenters. The number of amides is 1. The molecule has 7 nitrogen and oxygen atoms in total. The molecular weight excluding hydrogens is 300 g/mol. The van der Waals surface area contributed by atoms with E-state index in [4.69, 9.17) is 9.63 Å². The standard InChI is InChI=1S/C16H14N2O5/c1-9-7-12(17-23-9)18-14(10-5-3-2-4-6-10)11(8-13(19)20)15(21)16(18)22/h2-7,14,21H,8H2,1H3,(H,19,20). The molecule has 0 saturated carbocycles. The van der Waals surface area contributed by atoms with Gasteiger partial charge in [0.25, 0.3) is 5.91 Å². The van der Waals surface area contributed by atoms with Crippen molar-refractivity contribution in [3.8, 4) is 0 Å². The van der Waals surface area contributed by atoms with Crippen LogP contribution in [0.4, 0.5) is 5.82 Å². The molecule has 1 aliphatic heterocycles. The average Bonchev–Trinajstić information content (AvgIpc) is 3.04. The van der Waals surface area contributed by atoms with Gasteiger partial charge in [-0.2, -0.15) is 0 Å². The molecular formula is C16H14N2O5. The number of hydrogen-bond donors (Lipinski definition) is 2. The monoisotopic (exact) mass is 314 g/mol. The number of carbonyl (C=O) groups excluding carboxylic acids is 1. The van der Waals surface area contributed by atoms with Crippen LogP contribution in [0.1, 0.15) is 23.8 Å². The number of nitrogens with zero attached hydrogens (tertiary/aromatic N) is 2. The van der Waals surface area contributed by atoms with E-state index < -0.39 is 30.1 Å². The Labute approximate surface area is 131 Å². The molecule has 0 saturated heterocycles. The van der Waals surface area contributed by atoms with E-state index in [2.05, 4.69) is 5.16 Å². The quantitative estimate of drug-likeness (QED) is 0.897. The van der Waals surface area contributed by atoms with Gasteiger partial charge in [0.2, 0.25) is 0 Å². The van der Waals surface area contributed by atoms with E-state index in [0.29, 0.717) is 11.3 Å². The number of hydrogen-bond acceptors (Lipinski definition) is 5. The summed E-state index contributed by atoms with van der Waals surface area (Å²) in [5, 5.41) is 23.1. The summed E-state index contributed by atoms with van der Waals surface area (Å²) in [6, 6.07) is 9.72. The second-order valence-electron chi connectivity index (χ2n) is 5.23. The second-order valence-corrected chi connectivity index (χ2v) is 5.23. The Morgan fingerprint density at radius 3 is 2.61 bits per heavy atom. The summed E-state index contributed by atoms with van der Waals surface area (Å²) in [6.07, 6.45) is -0.440. The lowest BCUT2D eigenvalue weighted by Gasteiger charge is -2.24. The number of rotatable bonds is 4. The highest BCUT2D eigenvalue weighted by molar-refractivity contribution is 6.08. The summed E-state index contributed by atoms with van der Waals surface area (Å²) in [4.78, 5) is 24.8. The Morgan fingerprint density at radius 2 is 2.04 bits per heavy atom. The highest BCUT2D eigenvalue weighted by atomic mass is 16.5. The number of carboxylic acids is 1. The number of carboxylic acid groups (broad SMARTS) is 1. The maximum absolute atomic E-state index is 12.4.